The molecule has 1 rings (SSSR count). The van der Waals surface area contributed by atoms with E-state index in [1.54, 1.807) is 0 Å². The number of nitrogens with zero attached hydrogens (tertiary/aromatic N) is 3. The Morgan fingerprint density at radius 2 is 1.29 bits per heavy atom. The maximum Gasteiger partial charge on any atom is 0.290 e. The lowest BCUT2D eigenvalue weighted by Gasteiger charge is -2.47. The van der Waals surface area contributed by atoms with Gasteiger partial charge in [0.15, 0.2) is 0 Å². The van der Waals surface area contributed by atoms with E-state index in [9.17, 15) is 0 Å². The van der Waals surface area contributed by atoms with E-state index in [1.165, 1.54) is 0 Å². The topological polar surface area (TPSA) is 9.72 Å². The molecule has 77 valence electrons. The van der Waals surface area contributed by atoms with E-state index in [2.05, 4.69) is 56.1 Å². The largest absolute Gasteiger partial charge is 0.361 e. The molecular formula is C8H21B3N3. The fourth-order valence-corrected chi connectivity index (χ4v) is 2.30. The second-order valence-corrected chi connectivity index (χ2v) is 3.87. The summed E-state index contributed by atoms with van der Waals surface area (Å²) in [7, 11) is 2.28. The first-order valence-corrected chi connectivity index (χ1v) is 5.77. The Hall–Kier alpha value is 0.0748. The van der Waals surface area contributed by atoms with Crippen molar-refractivity contribution in [2.75, 3.05) is 19.6 Å². The van der Waals surface area contributed by atoms with E-state index in [1.807, 2.05) is 0 Å². The lowest BCUT2D eigenvalue weighted by molar-refractivity contribution is 0.475. The lowest BCUT2D eigenvalue weighted by atomic mass is 9.51. The fourth-order valence-electron chi connectivity index (χ4n) is 2.30. The van der Waals surface area contributed by atoms with Crippen molar-refractivity contribution < 1.29 is 0 Å². The zero-order valence-corrected chi connectivity index (χ0v) is 10.2. The molecule has 0 aliphatic carbocycles. The van der Waals surface area contributed by atoms with Crippen LogP contribution < -0.4 is 0 Å². The Kier molecular flexibility index (Phi) is 4.55. The molecule has 0 atom stereocenters. The molecule has 1 radical (unpaired) electrons. The van der Waals surface area contributed by atoms with Crippen LogP contribution in [0.4, 0.5) is 0 Å². The van der Waals surface area contributed by atoms with Crippen molar-refractivity contribution in [1.82, 2.24) is 14.2 Å². The molecule has 1 aliphatic rings. The first-order chi connectivity index (χ1) is 6.65. The van der Waals surface area contributed by atoms with Gasteiger partial charge in [-0.1, -0.05) is 34.4 Å². The van der Waals surface area contributed by atoms with Crippen molar-refractivity contribution in [2.45, 2.75) is 34.4 Å². The molecule has 0 aromatic rings. The fraction of sp³-hybridized carbons (Fsp3) is 1.00. The smallest absolute Gasteiger partial charge is 0.290 e. The highest BCUT2D eigenvalue weighted by Gasteiger charge is 2.38. The van der Waals surface area contributed by atoms with E-state index < -0.39 is 0 Å². The van der Waals surface area contributed by atoms with E-state index in [0.717, 1.165) is 19.6 Å². The van der Waals surface area contributed by atoms with Gasteiger partial charge in [-0.2, -0.15) is 0 Å². The molecule has 14 heavy (non-hydrogen) atoms. The third kappa shape index (κ3) is 2.18. The van der Waals surface area contributed by atoms with E-state index in [4.69, 9.17) is 0 Å². The van der Waals surface area contributed by atoms with E-state index >= 15 is 0 Å². The highest BCUT2D eigenvalue weighted by atomic mass is 15.3. The third-order valence-electron chi connectivity index (χ3n) is 3.31. The minimum absolute atomic E-state index is 0.530. The summed E-state index contributed by atoms with van der Waals surface area (Å²) in [5.74, 6) is 0. The average molecular weight is 192 g/mol. The predicted octanol–water partition coefficient (Wildman–Crippen LogP) is 0.736. The van der Waals surface area contributed by atoms with Gasteiger partial charge in [-0.15, -0.1) is 0 Å². The van der Waals surface area contributed by atoms with Gasteiger partial charge < -0.3 is 14.2 Å². The highest BCUT2D eigenvalue weighted by Crippen LogP contribution is 2.13. The monoisotopic (exact) mass is 192 g/mol. The standard InChI is InChI=1S/C8H21B3N3/c1-6-12-9-13(7-2)11(5)14(8-3)10(12)4/h6-8H2,1-5H3. The van der Waals surface area contributed by atoms with Crippen molar-refractivity contribution in [1.29, 1.82) is 0 Å². The van der Waals surface area contributed by atoms with Gasteiger partial charge in [-0.3, -0.25) is 0 Å². The summed E-state index contributed by atoms with van der Waals surface area (Å²) in [4.78, 5) is 0. The summed E-state index contributed by atoms with van der Waals surface area (Å²) in [5.41, 5.74) is 0. The molecule has 0 amide bonds. The molecule has 1 heterocycles. The minimum Gasteiger partial charge on any atom is -0.361 e. The van der Waals surface area contributed by atoms with Gasteiger partial charge in [0, 0.05) is 0 Å². The first-order valence-electron chi connectivity index (χ1n) is 5.77. The zero-order valence-electron chi connectivity index (χ0n) is 10.2. The first kappa shape index (κ1) is 12.1. The normalized spacial score (nSPS) is 21.5. The second-order valence-electron chi connectivity index (χ2n) is 3.87. The molecule has 1 aliphatic heterocycles. The van der Waals surface area contributed by atoms with Crippen LogP contribution in [0.3, 0.4) is 0 Å². The van der Waals surface area contributed by atoms with Crippen molar-refractivity contribution in [3.05, 3.63) is 0 Å². The molecule has 0 spiro atoms. The van der Waals surface area contributed by atoms with Crippen molar-refractivity contribution in [3.63, 3.8) is 0 Å². The van der Waals surface area contributed by atoms with Crippen LogP contribution in [0.15, 0.2) is 0 Å². The molecule has 0 unspecified atom stereocenters. The van der Waals surface area contributed by atoms with Gasteiger partial charge >= 0.3 is 0 Å². The van der Waals surface area contributed by atoms with Crippen molar-refractivity contribution in [2.24, 2.45) is 0 Å². The molecule has 3 nitrogen and oxygen atoms in total. The lowest BCUT2D eigenvalue weighted by Crippen LogP contribution is -2.70. The zero-order chi connectivity index (χ0) is 10.7. The molecule has 0 aromatic carbocycles. The summed E-state index contributed by atoms with van der Waals surface area (Å²) in [6.45, 7) is 15.6. The van der Waals surface area contributed by atoms with Crippen LogP contribution in [0, 0.1) is 0 Å². The van der Waals surface area contributed by atoms with E-state index in [-0.39, 0.29) is 0 Å². The van der Waals surface area contributed by atoms with Crippen LogP contribution in [0.2, 0.25) is 13.6 Å². The van der Waals surface area contributed by atoms with Gasteiger partial charge in [-0.25, -0.2) is 0 Å². The Bertz CT molecular complexity index is 165. The second kappa shape index (κ2) is 5.24. The third-order valence-corrected chi connectivity index (χ3v) is 3.31. The summed E-state index contributed by atoms with van der Waals surface area (Å²) in [5, 5.41) is 0. The number of rotatable bonds is 3. The van der Waals surface area contributed by atoms with Gasteiger partial charge in [0.25, 0.3) is 21.5 Å². The Morgan fingerprint density at radius 1 is 0.857 bits per heavy atom. The molecule has 1 saturated heterocycles. The van der Waals surface area contributed by atoms with Crippen LogP contribution >= 0.6 is 0 Å². The number of hydrogen-bond acceptors (Lipinski definition) is 3. The minimum atomic E-state index is 0.530. The van der Waals surface area contributed by atoms with Crippen LogP contribution in [0.5, 0.6) is 0 Å². The summed E-state index contributed by atoms with van der Waals surface area (Å²) < 4.78 is 7.31. The summed E-state index contributed by atoms with van der Waals surface area (Å²) in [6, 6.07) is 0. The van der Waals surface area contributed by atoms with Crippen LogP contribution in [-0.4, -0.2) is 55.3 Å². The van der Waals surface area contributed by atoms with Crippen molar-refractivity contribution >= 4 is 21.5 Å². The molecule has 6 heteroatoms. The van der Waals surface area contributed by atoms with Crippen LogP contribution in [0.1, 0.15) is 20.8 Å². The molecule has 0 bridgehead atoms. The van der Waals surface area contributed by atoms with Crippen LogP contribution in [0.25, 0.3) is 0 Å². The van der Waals surface area contributed by atoms with Crippen LogP contribution in [-0.2, 0) is 0 Å². The Morgan fingerprint density at radius 3 is 1.57 bits per heavy atom. The predicted molar refractivity (Wildman–Crippen MR) is 66.1 cm³/mol. The van der Waals surface area contributed by atoms with Gasteiger partial charge in [0.05, 0.1) is 0 Å². The highest BCUT2D eigenvalue weighted by molar-refractivity contribution is 6.79. The molecule has 0 aromatic heterocycles. The van der Waals surface area contributed by atoms with Gasteiger partial charge in [0.1, 0.15) is 0 Å². The number of hydrogen-bond donors (Lipinski definition) is 0. The molecular weight excluding hydrogens is 171 g/mol. The Balaban J connectivity index is 2.72. The summed E-state index contributed by atoms with van der Waals surface area (Å²) >= 11 is 0. The Labute approximate surface area is 90.3 Å². The molecule has 0 saturated carbocycles. The molecule has 1 fully saturated rings. The molecule has 0 N–H and O–H groups in total. The van der Waals surface area contributed by atoms with E-state index in [0.29, 0.717) is 14.0 Å². The quantitative estimate of drug-likeness (QED) is 0.610. The maximum absolute atomic E-state index is 2.52. The van der Waals surface area contributed by atoms with Gasteiger partial charge in [-0.05, 0) is 19.6 Å². The van der Waals surface area contributed by atoms with Gasteiger partial charge in [0.2, 0.25) is 0 Å². The average Bonchev–Trinajstić information content (AvgIpc) is 2.19. The summed E-state index contributed by atoms with van der Waals surface area (Å²) in [6.07, 6.45) is 0. The SMILES string of the molecule is CCN1[B]N(CC)B(C)N(CC)B1C. The maximum atomic E-state index is 2.52. The van der Waals surface area contributed by atoms with Crippen molar-refractivity contribution in [3.8, 4) is 0 Å².